The molecule has 0 atom stereocenters. The van der Waals surface area contributed by atoms with Crippen LogP contribution in [0.1, 0.15) is 47.5 Å². The molecule has 0 bridgehead atoms. The van der Waals surface area contributed by atoms with E-state index < -0.39 is 51.9 Å². The van der Waals surface area contributed by atoms with E-state index in [1.54, 1.807) is 43.4 Å². The van der Waals surface area contributed by atoms with Crippen molar-refractivity contribution in [2.45, 2.75) is 58.1 Å². The van der Waals surface area contributed by atoms with E-state index in [-0.39, 0.29) is 78.9 Å². The fourth-order valence-electron chi connectivity index (χ4n) is 2.89. The molecule has 0 N–H and O–H groups in total. The highest BCUT2D eigenvalue weighted by atomic mass is 16.8. The molecular weight excluding hydrogens is 572 g/mol. The van der Waals surface area contributed by atoms with Gasteiger partial charge < -0.3 is 33.2 Å². The molecule has 0 spiro atoms. The Kier molecular flexibility index (Phi) is 15.7. The summed E-state index contributed by atoms with van der Waals surface area (Å²) in [6, 6.07) is 0. The molecule has 1 aliphatic rings. The highest BCUT2D eigenvalue weighted by Gasteiger charge is 2.40. The maximum atomic E-state index is 12.8. The van der Waals surface area contributed by atoms with E-state index in [2.05, 4.69) is 4.84 Å². The minimum absolute atomic E-state index is 0.0109. The average Bonchev–Trinajstić information content (AvgIpc) is 3.23. The largest absolute Gasteiger partial charge is 0.534 e. The summed E-state index contributed by atoms with van der Waals surface area (Å²) in [6.07, 6.45) is -1.20. The van der Waals surface area contributed by atoms with E-state index in [0.29, 0.717) is 5.06 Å². The minimum atomic E-state index is -1.41. The van der Waals surface area contributed by atoms with E-state index >= 15 is 0 Å². The predicted octanol–water partition coefficient (Wildman–Crippen LogP) is -0.447. The molecule has 2 amide bonds. The van der Waals surface area contributed by atoms with Crippen molar-refractivity contribution >= 4 is 51.6 Å². The van der Waals surface area contributed by atoms with Gasteiger partial charge in [0, 0.05) is 23.5 Å². The quantitative estimate of drug-likeness (QED) is 0.0565. The molecular formula is C26H43B2NO14. The molecule has 0 aromatic carbocycles. The van der Waals surface area contributed by atoms with Crippen LogP contribution in [0.15, 0.2) is 0 Å². The number of hydrogen-bond acceptors (Lipinski definition) is 14. The van der Waals surface area contributed by atoms with Gasteiger partial charge in [0.1, 0.15) is 47.5 Å². The lowest BCUT2D eigenvalue weighted by Crippen LogP contribution is -2.42. The van der Waals surface area contributed by atoms with Gasteiger partial charge in [0.15, 0.2) is 0 Å². The maximum Gasteiger partial charge on any atom is 0.534 e. The van der Waals surface area contributed by atoms with Gasteiger partial charge in [-0.25, -0.2) is 4.79 Å². The number of amides is 2. The second-order valence-corrected chi connectivity index (χ2v) is 12.0. The lowest BCUT2D eigenvalue weighted by molar-refractivity contribution is -0.177. The monoisotopic (exact) mass is 615 g/mol. The van der Waals surface area contributed by atoms with Crippen molar-refractivity contribution in [2.24, 2.45) is 5.41 Å². The molecule has 43 heavy (non-hydrogen) atoms. The molecule has 0 unspecified atom stereocenters. The summed E-state index contributed by atoms with van der Waals surface area (Å²) in [5.74, 6) is -2.93. The Morgan fingerprint density at radius 2 is 0.977 bits per heavy atom. The van der Waals surface area contributed by atoms with Crippen molar-refractivity contribution in [3.8, 4) is 0 Å². The second kappa shape index (κ2) is 17.8. The third kappa shape index (κ3) is 14.7. The SMILES string of the molecule is BC(C)(C)C(=O)OCC(C)(COC(=O)C(B)(C)C)C(=O)OCCOCCOCCOCCOC(=O)ON1C(=O)CCC1=O. The van der Waals surface area contributed by atoms with Gasteiger partial charge in [0.2, 0.25) is 0 Å². The van der Waals surface area contributed by atoms with Gasteiger partial charge in [-0.3, -0.25) is 28.8 Å². The van der Waals surface area contributed by atoms with Crippen molar-refractivity contribution in [2.75, 3.05) is 66.1 Å². The summed E-state index contributed by atoms with van der Waals surface area (Å²) in [6.45, 7) is 8.36. The number of nitrogens with zero attached hydrogens (tertiary/aromatic N) is 1. The number of ether oxygens (including phenoxy) is 7. The first-order chi connectivity index (χ1) is 20.0. The third-order valence-electron chi connectivity index (χ3n) is 5.59. The van der Waals surface area contributed by atoms with Crippen LogP contribution in [-0.2, 0) is 62.0 Å². The van der Waals surface area contributed by atoms with Gasteiger partial charge in [0.05, 0.1) is 39.6 Å². The maximum absolute atomic E-state index is 12.8. The van der Waals surface area contributed by atoms with Crippen LogP contribution in [0.25, 0.3) is 0 Å². The summed E-state index contributed by atoms with van der Waals surface area (Å²) < 4.78 is 36.7. The summed E-state index contributed by atoms with van der Waals surface area (Å²) >= 11 is 0. The molecule has 0 aromatic heterocycles. The number of carbonyl (C=O) groups excluding carboxylic acids is 6. The molecule has 0 aromatic rings. The minimum Gasteiger partial charge on any atom is -0.464 e. The molecule has 0 radical (unpaired) electrons. The van der Waals surface area contributed by atoms with Gasteiger partial charge >= 0.3 is 24.1 Å². The lowest BCUT2D eigenvalue weighted by Gasteiger charge is -2.29. The molecule has 15 nitrogen and oxygen atoms in total. The Morgan fingerprint density at radius 3 is 1.37 bits per heavy atom. The summed E-state index contributed by atoms with van der Waals surface area (Å²) in [7, 11) is 3.37. The molecule has 1 fully saturated rings. The fourth-order valence-corrected chi connectivity index (χ4v) is 2.89. The number of rotatable bonds is 20. The highest BCUT2D eigenvalue weighted by Crippen LogP contribution is 2.27. The summed E-state index contributed by atoms with van der Waals surface area (Å²) in [5, 5.41) is -1.17. The van der Waals surface area contributed by atoms with E-state index in [0.717, 1.165) is 0 Å². The van der Waals surface area contributed by atoms with Gasteiger partial charge in [-0.1, -0.05) is 32.8 Å². The van der Waals surface area contributed by atoms with Crippen molar-refractivity contribution in [3.63, 3.8) is 0 Å². The number of carbonyl (C=O) groups is 6. The highest BCUT2D eigenvalue weighted by molar-refractivity contribution is 6.26. The van der Waals surface area contributed by atoms with E-state index in [1.807, 2.05) is 0 Å². The van der Waals surface area contributed by atoms with Crippen LogP contribution in [-0.4, -0.2) is 123 Å². The standard InChI is InChI=1S/C26H43B2NO14/c1-24(2,27)20(32)41-16-26(5,17-42-21(33)25(3,4)28)22(34)39-14-12-37-10-8-36-9-11-38-13-15-40-23(35)43-29-18(30)6-7-19(29)31/h6-17,27-28H2,1-5H3. The van der Waals surface area contributed by atoms with E-state index in [1.165, 1.54) is 6.92 Å². The first-order valence-electron chi connectivity index (χ1n) is 13.9. The predicted molar refractivity (Wildman–Crippen MR) is 152 cm³/mol. The molecule has 1 saturated heterocycles. The van der Waals surface area contributed by atoms with Crippen LogP contribution < -0.4 is 0 Å². The Labute approximate surface area is 253 Å². The number of esters is 3. The van der Waals surface area contributed by atoms with Crippen LogP contribution in [0.4, 0.5) is 4.79 Å². The van der Waals surface area contributed by atoms with Crippen molar-refractivity contribution < 1.29 is 66.8 Å². The zero-order valence-electron chi connectivity index (χ0n) is 26.1. The Balaban J connectivity index is 2.21. The second-order valence-electron chi connectivity index (χ2n) is 12.0. The topological polar surface area (TPSA) is 180 Å². The van der Waals surface area contributed by atoms with Gasteiger partial charge in [0.25, 0.3) is 11.8 Å². The van der Waals surface area contributed by atoms with Crippen molar-refractivity contribution in [1.29, 1.82) is 0 Å². The smallest absolute Gasteiger partial charge is 0.464 e. The van der Waals surface area contributed by atoms with E-state index in [9.17, 15) is 28.8 Å². The van der Waals surface area contributed by atoms with Gasteiger partial charge in [-0.05, 0) is 6.92 Å². The molecule has 1 aliphatic heterocycles. The zero-order valence-corrected chi connectivity index (χ0v) is 26.1. The van der Waals surface area contributed by atoms with Crippen LogP contribution in [0.3, 0.4) is 0 Å². The van der Waals surface area contributed by atoms with Crippen LogP contribution in [0.5, 0.6) is 0 Å². The third-order valence-corrected chi connectivity index (χ3v) is 5.59. The molecule has 0 saturated carbocycles. The molecule has 17 heteroatoms. The Hall–Kier alpha value is -3.17. The van der Waals surface area contributed by atoms with Gasteiger partial charge in [-0.2, -0.15) is 0 Å². The molecule has 1 heterocycles. The van der Waals surface area contributed by atoms with Crippen LogP contribution in [0, 0.1) is 5.41 Å². The molecule has 0 aliphatic carbocycles. The normalized spacial score (nSPS) is 13.9. The zero-order chi connectivity index (χ0) is 32.7. The molecule has 1 rings (SSSR count). The summed E-state index contributed by atoms with van der Waals surface area (Å²) in [4.78, 5) is 76.1. The summed E-state index contributed by atoms with van der Waals surface area (Å²) in [5.41, 5.74) is -1.41. The Morgan fingerprint density at radius 1 is 0.605 bits per heavy atom. The van der Waals surface area contributed by atoms with Gasteiger partial charge in [-0.15, -0.1) is 0 Å². The van der Waals surface area contributed by atoms with Crippen molar-refractivity contribution in [3.05, 3.63) is 0 Å². The van der Waals surface area contributed by atoms with Crippen molar-refractivity contribution in [1.82, 2.24) is 5.06 Å². The van der Waals surface area contributed by atoms with E-state index in [4.69, 9.17) is 33.2 Å². The number of hydrogen-bond donors (Lipinski definition) is 0. The fraction of sp³-hybridized carbons (Fsp3) is 0.769. The van der Waals surface area contributed by atoms with Crippen LogP contribution in [0.2, 0.25) is 10.6 Å². The Bertz CT molecular complexity index is 930. The molecule has 242 valence electrons. The lowest BCUT2D eigenvalue weighted by atomic mass is 9.72. The van der Waals surface area contributed by atoms with Crippen LogP contribution >= 0.6 is 0 Å². The first kappa shape index (κ1) is 37.9. The number of hydroxylamine groups is 2. The number of imide groups is 1. The average molecular weight is 615 g/mol. The first-order valence-corrected chi connectivity index (χ1v) is 13.9.